The molecule has 2 unspecified atom stereocenters. The largest absolute Gasteiger partial charge is 0.348 e. The lowest BCUT2D eigenvalue weighted by Crippen LogP contribution is -2.41. The van der Waals surface area contributed by atoms with Crippen molar-refractivity contribution >= 4 is 17.5 Å². The van der Waals surface area contributed by atoms with E-state index in [1.54, 1.807) is 0 Å². The van der Waals surface area contributed by atoms with E-state index >= 15 is 0 Å². The average molecular weight is 294 g/mol. The minimum atomic E-state index is 0.0255. The van der Waals surface area contributed by atoms with Gasteiger partial charge in [0.1, 0.15) is 0 Å². The number of hydrogen-bond donors (Lipinski definition) is 1. The Bertz CT molecular complexity index is 475. The number of rotatable bonds is 2. The van der Waals surface area contributed by atoms with Gasteiger partial charge in [0.15, 0.2) is 0 Å². The Morgan fingerprint density at radius 2 is 1.70 bits per heavy atom. The van der Waals surface area contributed by atoms with Gasteiger partial charge in [0.2, 0.25) is 0 Å². The fourth-order valence-corrected chi connectivity index (χ4v) is 3.55. The number of aryl methyl sites for hydroxylation is 3. The molecule has 1 saturated carbocycles. The van der Waals surface area contributed by atoms with Crippen LogP contribution in [-0.2, 0) is 0 Å². The first-order valence-electron chi connectivity index (χ1n) is 7.52. The number of amides is 1. The summed E-state index contributed by atoms with van der Waals surface area (Å²) >= 11 is 6.41. The quantitative estimate of drug-likeness (QED) is 0.640. The summed E-state index contributed by atoms with van der Waals surface area (Å²) in [5, 5.41) is 3.22. The molecule has 3 heteroatoms. The Labute approximate surface area is 126 Å². The third-order valence-corrected chi connectivity index (χ3v) is 4.67. The fraction of sp³-hybridized carbons (Fsp3) is 0.588. The summed E-state index contributed by atoms with van der Waals surface area (Å²) < 4.78 is 0. The highest BCUT2D eigenvalue weighted by molar-refractivity contribution is 6.21. The summed E-state index contributed by atoms with van der Waals surface area (Å²) in [5.41, 5.74) is 4.09. The van der Waals surface area contributed by atoms with E-state index in [0.29, 0.717) is 0 Å². The van der Waals surface area contributed by atoms with Crippen LogP contribution in [0.5, 0.6) is 0 Å². The summed E-state index contributed by atoms with van der Waals surface area (Å²) in [4.78, 5) is 12.6. The van der Waals surface area contributed by atoms with E-state index in [0.717, 1.165) is 36.0 Å². The molecule has 2 atom stereocenters. The Hall–Kier alpha value is -1.02. The molecule has 1 aromatic carbocycles. The van der Waals surface area contributed by atoms with Crippen LogP contribution in [-0.4, -0.2) is 17.3 Å². The first kappa shape index (κ1) is 15.4. The number of carbonyl (C=O) groups excluding carboxylic acids is 1. The molecule has 1 aliphatic carbocycles. The average Bonchev–Trinajstić information content (AvgIpc) is 2.53. The van der Waals surface area contributed by atoms with Crippen LogP contribution in [0.1, 0.15) is 59.2 Å². The van der Waals surface area contributed by atoms with Gasteiger partial charge in [-0.2, -0.15) is 0 Å². The van der Waals surface area contributed by atoms with Crippen LogP contribution in [0.25, 0.3) is 0 Å². The molecule has 2 rings (SSSR count). The molecule has 110 valence electrons. The molecule has 0 spiro atoms. The Kier molecular flexibility index (Phi) is 5.09. The standard InChI is InChI=1S/C17H24ClNO/c1-11-9-12(2)16(13(3)10-11)17(20)19-15-8-6-4-5-7-14(15)18/h9-10,14-15H,4-8H2,1-3H3,(H,19,20). The molecule has 0 radical (unpaired) electrons. The molecule has 0 heterocycles. The minimum absolute atomic E-state index is 0.0255. The second kappa shape index (κ2) is 6.62. The van der Waals surface area contributed by atoms with E-state index in [9.17, 15) is 4.79 Å². The third-order valence-electron chi connectivity index (χ3n) is 4.15. The van der Waals surface area contributed by atoms with Gasteiger partial charge in [0, 0.05) is 11.6 Å². The monoisotopic (exact) mass is 293 g/mol. The molecule has 0 bridgehead atoms. The van der Waals surface area contributed by atoms with Crippen LogP contribution in [0.4, 0.5) is 0 Å². The first-order valence-corrected chi connectivity index (χ1v) is 7.95. The number of nitrogens with one attached hydrogen (secondary N) is 1. The highest BCUT2D eigenvalue weighted by Crippen LogP contribution is 2.23. The lowest BCUT2D eigenvalue weighted by molar-refractivity contribution is 0.0933. The summed E-state index contributed by atoms with van der Waals surface area (Å²) in [6.07, 6.45) is 5.53. The molecule has 1 N–H and O–H groups in total. The highest BCUT2D eigenvalue weighted by Gasteiger charge is 2.24. The molecule has 1 amide bonds. The number of hydrogen-bond acceptors (Lipinski definition) is 1. The van der Waals surface area contributed by atoms with Gasteiger partial charge in [-0.15, -0.1) is 11.6 Å². The van der Waals surface area contributed by atoms with Crippen molar-refractivity contribution in [3.63, 3.8) is 0 Å². The minimum Gasteiger partial charge on any atom is -0.348 e. The van der Waals surface area contributed by atoms with Gasteiger partial charge in [-0.05, 0) is 44.7 Å². The van der Waals surface area contributed by atoms with Gasteiger partial charge in [-0.25, -0.2) is 0 Å². The maximum absolute atomic E-state index is 12.6. The summed E-state index contributed by atoms with van der Waals surface area (Å²) in [5.74, 6) is 0.0255. The van der Waals surface area contributed by atoms with E-state index in [2.05, 4.69) is 24.4 Å². The maximum atomic E-state index is 12.6. The predicted octanol–water partition coefficient (Wildman–Crippen LogP) is 4.28. The molecule has 20 heavy (non-hydrogen) atoms. The summed E-state index contributed by atoms with van der Waals surface area (Å²) in [6, 6.07) is 4.23. The van der Waals surface area contributed by atoms with E-state index in [1.807, 2.05) is 13.8 Å². The SMILES string of the molecule is Cc1cc(C)c(C(=O)NC2CCCCCC2Cl)c(C)c1. The van der Waals surface area contributed by atoms with Crippen molar-refractivity contribution in [3.05, 3.63) is 34.4 Å². The lowest BCUT2D eigenvalue weighted by Gasteiger charge is -2.22. The molecular formula is C17H24ClNO. The number of halogens is 1. The number of benzene rings is 1. The third kappa shape index (κ3) is 3.54. The van der Waals surface area contributed by atoms with Crippen molar-refractivity contribution in [1.29, 1.82) is 0 Å². The Morgan fingerprint density at radius 3 is 2.35 bits per heavy atom. The fourth-order valence-electron chi connectivity index (χ4n) is 3.20. The van der Waals surface area contributed by atoms with Gasteiger partial charge >= 0.3 is 0 Å². The van der Waals surface area contributed by atoms with E-state index in [-0.39, 0.29) is 17.3 Å². The lowest BCUT2D eigenvalue weighted by atomic mass is 9.98. The van der Waals surface area contributed by atoms with Crippen LogP contribution in [0.15, 0.2) is 12.1 Å². The van der Waals surface area contributed by atoms with Gasteiger partial charge in [-0.3, -0.25) is 4.79 Å². The van der Waals surface area contributed by atoms with Gasteiger partial charge in [-0.1, -0.05) is 37.0 Å². The van der Waals surface area contributed by atoms with Gasteiger partial charge in [0.25, 0.3) is 5.91 Å². The molecule has 0 aromatic heterocycles. The van der Waals surface area contributed by atoms with Crippen molar-refractivity contribution in [1.82, 2.24) is 5.32 Å². The van der Waals surface area contributed by atoms with Crippen LogP contribution in [0.2, 0.25) is 0 Å². The molecule has 0 aliphatic heterocycles. The van der Waals surface area contributed by atoms with Crippen molar-refractivity contribution in [2.75, 3.05) is 0 Å². The second-order valence-corrected chi connectivity index (χ2v) is 6.57. The molecule has 1 fully saturated rings. The van der Waals surface area contributed by atoms with Crippen LogP contribution in [0, 0.1) is 20.8 Å². The molecular weight excluding hydrogens is 270 g/mol. The second-order valence-electron chi connectivity index (χ2n) is 6.01. The van der Waals surface area contributed by atoms with Crippen molar-refractivity contribution in [2.45, 2.75) is 64.3 Å². The zero-order valence-electron chi connectivity index (χ0n) is 12.6. The van der Waals surface area contributed by atoms with Crippen molar-refractivity contribution in [2.24, 2.45) is 0 Å². The number of carbonyl (C=O) groups is 1. The van der Waals surface area contributed by atoms with Crippen LogP contribution < -0.4 is 5.32 Å². The van der Waals surface area contributed by atoms with Gasteiger partial charge in [0.05, 0.1) is 5.38 Å². The van der Waals surface area contributed by atoms with E-state index in [1.165, 1.54) is 18.4 Å². The van der Waals surface area contributed by atoms with Crippen molar-refractivity contribution < 1.29 is 4.79 Å². The zero-order chi connectivity index (χ0) is 14.7. The normalized spacial score (nSPS) is 23.2. The smallest absolute Gasteiger partial charge is 0.252 e. The highest BCUT2D eigenvalue weighted by atomic mass is 35.5. The topological polar surface area (TPSA) is 29.1 Å². The number of alkyl halides is 1. The zero-order valence-corrected chi connectivity index (χ0v) is 13.4. The maximum Gasteiger partial charge on any atom is 0.252 e. The summed E-state index contributed by atoms with van der Waals surface area (Å²) in [7, 11) is 0. The molecule has 0 saturated heterocycles. The predicted molar refractivity (Wildman–Crippen MR) is 84.6 cm³/mol. The van der Waals surface area contributed by atoms with E-state index < -0.39 is 0 Å². The van der Waals surface area contributed by atoms with E-state index in [4.69, 9.17) is 11.6 Å². The molecule has 1 aliphatic rings. The van der Waals surface area contributed by atoms with Crippen molar-refractivity contribution in [3.8, 4) is 0 Å². The Morgan fingerprint density at radius 1 is 1.10 bits per heavy atom. The molecule has 2 nitrogen and oxygen atoms in total. The van der Waals surface area contributed by atoms with Crippen LogP contribution >= 0.6 is 11.6 Å². The molecule has 1 aromatic rings. The van der Waals surface area contributed by atoms with Crippen LogP contribution in [0.3, 0.4) is 0 Å². The Balaban J connectivity index is 2.15. The first-order chi connectivity index (χ1) is 9.49. The van der Waals surface area contributed by atoms with Gasteiger partial charge < -0.3 is 5.32 Å². The summed E-state index contributed by atoms with van der Waals surface area (Å²) in [6.45, 7) is 6.06.